The SMILES string of the molecule is N#CCCCCCS(=O)(=O)O. The van der Waals surface area contributed by atoms with Crippen molar-refractivity contribution in [1.29, 1.82) is 5.26 Å². The van der Waals surface area contributed by atoms with Crippen molar-refractivity contribution in [3.05, 3.63) is 0 Å². The molecule has 0 aromatic carbocycles. The average molecular weight is 177 g/mol. The van der Waals surface area contributed by atoms with Gasteiger partial charge in [0.2, 0.25) is 0 Å². The van der Waals surface area contributed by atoms with Gasteiger partial charge >= 0.3 is 0 Å². The number of unbranched alkanes of at least 4 members (excludes halogenated alkanes) is 3. The van der Waals surface area contributed by atoms with Crippen LogP contribution in [0.4, 0.5) is 0 Å². The summed E-state index contributed by atoms with van der Waals surface area (Å²) in [5, 5.41) is 8.11. The van der Waals surface area contributed by atoms with E-state index in [2.05, 4.69) is 0 Å². The van der Waals surface area contributed by atoms with Crippen LogP contribution in [0.1, 0.15) is 25.7 Å². The van der Waals surface area contributed by atoms with Crippen molar-refractivity contribution in [3.8, 4) is 6.07 Å². The maximum atomic E-state index is 10.2. The minimum absolute atomic E-state index is 0.196. The topological polar surface area (TPSA) is 78.2 Å². The minimum Gasteiger partial charge on any atom is -0.286 e. The second-order valence-corrected chi connectivity index (χ2v) is 3.83. The van der Waals surface area contributed by atoms with Gasteiger partial charge in [0.05, 0.1) is 11.8 Å². The van der Waals surface area contributed by atoms with Crippen molar-refractivity contribution >= 4 is 10.1 Å². The molecule has 0 spiro atoms. The van der Waals surface area contributed by atoms with Crippen molar-refractivity contribution in [1.82, 2.24) is 0 Å². The fourth-order valence-corrected chi connectivity index (χ4v) is 1.23. The van der Waals surface area contributed by atoms with E-state index in [1.807, 2.05) is 6.07 Å². The van der Waals surface area contributed by atoms with Gasteiger partial charge in [-0.15, -0.1) is 0 Å². The Bertz CT molecular complexity index is 227. The maximum Gasteiger partial charge on any atom is 0.264 e. The number of hydrogen-bond acceptors (Lipinski definition) is 3. The fraction of sp³-hybridized carbons (Fsp3) is 0.833. The molecule has 4 nitrogen and oxygen atoms in total. The van der Waals surface area contributed by atoms with E-state index in [1.54, 1.807) is 0 Å². The van der Waals surface area contributed by atoms with Gasteiger partial charge in [0.1, 0.15) is 0 Å². The van der Waals surface area contributed by atoms with Crippen LogP contribution in [0.3, 0.4) is 0 Å². The molecule has 0 aliphatic carbocycles. The lowest BCUT2D eigenvalue weighted by atomic mass is 10.2. The highest BCUT2D eigenvalue weighted by Gasteiger charge is 2.02. The molecule has 0 saturated carbocycles. The quantitative estimate of drug-likeness (QED) is 0.501. The summed E-state index contributed by atoms with van der Waals surface area (Å²) in [5.41, 5.74) is 0. The monoisotopic (exact) mass is 177 g/mol. The molecule has 0 aliphatic heterocycles. The highest BCUT2D eigenvalue weighted by Crippen LogP contribution is 2.00. The molecule has 0 fully saturated rings. The van der Waals surface area contributed by atoms with E-state index < -0.39 is 10.1 Å². The molecule has 0 saturated heterocycles. The third-order valence-corrected chi connectivity index (χ3v) is 2.00. The van der Waals surface area contributed by atoms with Crippen LogP contribution in [0.2, 0.25) is 0 Å². The van der Waals surface area contributed by atoms with Crippen LogP contribution in [-0.2, 0) is 10.1 Å². The minimum atomic E-state index is -3.79. The summed E-state index contributed by atoms with van der Waals surface area (Å²) in [6.45, 7) is 0. The fourth-order valence-electron chi connectivity index (χ4n) is 0.665. The molecule has 11 heavy (non-hydrogen) atoms. The molecule has 0 aliphatic rings. The smallest absolute Gasteiger partial charge is 0.264 e. The lowest BCUT2D eigenvalue weighted by Gasteiger charge is -1.94. The van der Waals surface area contributed by atoms with E-state index >= 15 is 0 Å². The van der Waals surface area contributed by atoms with E-state index in [0.29, 0.717) is 25.7 Å². The molecule has 0 atom stereocenters. The Kier molecular flexibility index (Phi) is 4.83. The third-order valence-electron chi connectivity index (χ3n) is 1.19. The molecule has 0 bridgehead atoms. The second-order valence-electron chi connectivity index (χ2n) is 2.25. The lowest BCUT2D eigenvalue weighted by Crippen LogP contribution is -2.03. The maximum absolute atomic E-state index is 10.2. The van der Waals surface area contributed by atoms with E-state index in [0.717, 1.165) is 0 Å². The van der Waals surface area contributed by atoms with E-state index in [-0.39, 0.29) is 5.75 Å². The van der Waals surface area contributed by atoms with E-state index in [9.17, 15) is 8.42 Å². The van der Waals surface area contributed by atoms with Crippen molar-refractivity contribution in [2.24, 2.45) is 0 Å². The first kappa shape index (κ1) is 10.4. The van der Waals surface area contributed by atoms with Crippen molar-refractivity contribution in [2.75, 3.05) is 5.75 Å². The lowest BCUT2D eigenvalue weighted by molar-refractivity contribution is 0.479. The molecule has 1 N–H and O–H groups in total. The molecule has 0 amide bonds. The molecule has 64 valence electrons. The Morgan fingerprint density at radius 3 is 2.36 bits per heavy atom. The van der Waals surface area contributed by atoms with E-state index in [4.69, 9.17) is 9.81 Å². The van der Waals surface area contributed by atoms with Gasteiger partial charge in [-0.25, -0.2) is 0 Å². The normalized spacial score (nSPS) is 10.9. The Hall–Kier alpha value is -0.600. The van der Waals surface area contributed by atoms with Gasteiger partial charge in [-0.3, -0.25) is 4.55 Å². The Morgan fingerprint density at radius 2 is 1.91 bits per heavy atom. The van der Waals surface area contributed by atoms with Crippen LogP contribution in [0.15, 0.2) is 0 Å². The van der Waals surface area contributed by atoms with Gasteiger partial charge in [0.25, 0.3) is 10.1 Å². The first-order valence-corrected chi connectivity index (χ1v) is 4.99. The van der Waals surface area contributed by atoms with Crippen molar-refractivity contribution < 1.29 is 13.0 Å². The summed E-state index contributed by atoms with van der Waals surface area (Å²) in [6, 6.07) is 1.95. The van der Waals surface area contributed by atoms with Crippen LogP contribution < -0.4 is 0 Å². The summed E-state index contributed by atoms with van der Waals surface area (Å²) < 4.78 is 28.6. The molecule has 0 rings (SSSR count). The van der Waals surface area contributed by atoms with Crippen LogP contribution in [0.5, 0.6) is 0 Å². The number of rotatable bonds is 5. The molecular formula is C6H11NO3S. The van der Waals surface area contributed by atoms with Gasteiger partial charge in [-0.2, -0.15) is 13.7 Å². The molecule has 0 heterocycles. The highest BCUT2D eigenvalue weighted by molar-refractivity contribution is 7.85. The van der Waals surface area contributed by atoms with Crippen LogP contribution in [-0.4, -0.2) is 18.7 Å². The van der Waals surface area contributed by atoms with Crippen LogP contribution >= 0.6 is 0 Å². The van der Waals surface area contributed by atoms with E-state index in [1.165, 1.54) is 0 Å². The van der Waals surface area contributed by atoms with Gasteiger partial charge < -0.3 is 0 Å². The summed E-state index contributed by atoms with van der Waals surface area (Å²) in [6.07, 6.45) is 2.26. The first-order chi connectivity index (χ1) is 5.06. The number of nitrogens with zero attached hydrogens (tertiary/aromatic N) is 1. The summed E-state index contributed by atoms with van der Waals surface area (Å²) in [4.78, 5) is 0. The molecular weight excluding hydrogens is 166 g/mol. The van der Waals surface area contributed by atoms with Gasteiger partial charge in [-0.05, 0) is 12.8 Å². The molecule has 0 unspecified atom stereocenters. The average Bonchev–Trinajstić information content (AvgIpc) is 1.85. The zero-order chi connectivity index (χ0) is 8.74. The highest BCUT2D eigenvalue weighted by atomic mass is 32.2. The zero-order valence-electron chi connectivity index (χ0n) is 6.15. The zero-order valence-corrected chi connectivity index (χ0v) is 6.97. The number of hydrogen-bond donors (Lipinski definition) is 1. The predicted molar refractivity (Wildman–Crippen MR) is 40.5 cm³/mol. The molecule has 0 aromatic rings. The molecule has 5 heteroatoms. The Labute approximate surface area is 66.6 Å². The van der Waals surface area contributed by atoms with Crippen LogP contribution in [0.25, 0.3) is 0 Å². The summed E-state index contributed by atoms with van der Waals surface area (Å²) in [5.74, 6) is -0.196. The second kappa shape index (κ2) is 5.10. The molecule has 0 aromatic heterocycles. The largest absolute Gasteiger partial charge is 0.286 e. The summed E-state index contributed by atoms with van der Waals surface area (Å²) >= 11 is 0. The Balaban J connectivity index is 3.24. The third kappa shape index (κ3) is 9.40. The Morgan fingerprint density at radius 1 is 1.27 bits per heavy atom. The molecule has 0 radical (unpaired) electrons. The van der Waals surface area contributed by atoms with Crippen molar-refractivity contribution in [3.63, 3.8) is 0 Å². The van der Waals surface area contributed by atoms with Gasteiger partial charge in [0.15, 0.2) is 0 Å². The van der Waals surface area contributed by atoms with Crippen molar-refractivity contribution in [2.45, 2.75) is 25.7 Å². The van der Waals surface area contributed by atoms with Crippen LogP contribution in [0, 0.1) is 11.3 Å². The first-order valence-electron chi connectivity index (χ1n) is 3.38. The predicted octanol–water partition coefficient (Wildman–Crippen LogP) is 0.958. The number of nitriles is 1. The van der Waals surface area contributed by atoms with Gasteiger partial charge in [-0.1, -0.05) is 6.42 Å². The summed E-state index contributed by atoms with van der Waals surface area (Å²) in [7, 11) is -3.79. The van der Waals surface area contributed by atoms with Gasteiger partial charge in [0, 0.05) is 6.42 Å². The standard InChI is InChI=1S/C6H11NO3S/c7-5-3-1-2-4-6-11(8,9)10/h1-4,6H2,(H,8,9,10).